The fourth-order valence-corrected chi connectivity index (χ4v) is 4.18. The number of methoxy groups -OCH3 is 2. The highest BCUT2D eigenvalue weighted by Gasteiger charge is 2.32. The number of hydrogen-bond acceptors (Lipinski definition) is 5. The van der Waals surface area contributed by atoms with Crippen LogP contribution in [-0.2, 0) is 21.3 Å². The quantitative estimate of drug-likeness (QED) is 0.817. The monoisotopic (exact) mass is 314 g/mol. The van der Waals surface area contributed by atoms with Crippen LogP contribution >= 0.6 is 0 Å². The van der Waals surface area contributed by atoms with Crippen molar-refractivity contribution in [2.45, 2.75) is 42.8 Å². The molecule has 1 aliphatic carbocycles. The molecule has 0 bridgehead atoms. The summed E-state index contributed by atoms with van der Waals surface area (Å²) in [6.07, 6.45) is 2.51. The van der Waals surface area contributed by atoms with Crippen LogP contribution < -0.4 is 15.2 Å². The summed E-state index contributed by atoms with van der Waals surface area (Å²) < 4.78 is 38.4. The molecule has 1 saturated carbocycles. The van der Waals surface area contributed by atoms with Crippen molar-refractivity contribution in [2.24, 2.45) is 5.73 Å². The van der Waals surface area contributed by atoms with E-state index in [0.29, 0.717) is 5.75 Å². The third kappa shape index (κ3) is 3.55. The van der Waals surface area contributed by atoms with E-state index in [1.165, 1.54) is 7.11 Å². The van der Waals surface area contributed by atoms with Gasteiger partial charge in [-0.05, 0) is 37.0 Å². The Morgan fingerprint density at radius 3 is 2.71 bits per heavy atom. The standard InChI is InChI=1S/C14H22N2O4S/c1-19-12-5-3-4-11(12)16-21(17,18)14-8-10(9-15)6-7-13(14)20-2/h6-8,11-12,16H,3-5,9,15H2,1-2H3. The van der Waals surface area contributed by atoms with Crippen LogP contribution in [-0.4, -0.2) is 34.8 Å². The predicted octanol–water partition coefficient (Wildman–Crippen LogP) is 1.000. The van der Waals surface area contributed by atoms with Crippen molar-refractivity contribution in [3.8, 4) is 5.75 Å². The van der Waals surface area contributed by atoms with E-state index in [2.05, 4.69) is 4.72 Å². The minimum atomic E-state index is -3.67. The van der Waals surface area contributed by atoms with Crippen molar-refractivity contribution >= 4 is 10.0 Å². The van der Waals surface area contributed by atoms with Gasteiger partial charge in [-0.3, -0.25) is 0 Å². The van der Waals surface area contributed by atoms with Crippen LogP contribution in [0.4, 0.5) is 0 Å². The Bertz CT molecular complexity index is 589. The predicted molar refractivity (Wildman–Crippen MR) is 79.6 cm³/mol. The number of rotatable bonds is 6. The smallest absolute Gasteiger partial charge is 0.244 e. The van der Waals surface area contributed by atoms with E-state index in [-0.39, 0.29) is 23.6 Å². The summed E-state index contributed by atoms with van der Waals surface area (Å²) in [5.74, 6) is 0.312. The van der Waals surface area contributed by atoms with Crippen LogP contribution in [0.1, 0.15) is 24.8 Å². The zero-order chi connectivity index (χ0) is 15.5. The Balaban J connectivity index is 2.30. The molecule has 1 fully saturated rings. The second kappa shape index (κ2) is 6.74. The Morgan fingerprint density at radius 2 is 2.10 bits per heavy atom. The number of sulfonamides is 1. The molecule has 118 valence electrons. The molecule has 2 rings (SSSR count). The summed E-state index contributed by atoms with van der Waals surface area (Å²) in [4.78, 5) is 0.120. The second-order valence-electron chi connectivity index (χ2n) is 5.12. The number of nitrogens with one attached hydrogen (secondary N) is 1. The van der Waals surface area contributed by atoms with E-state index in [0.717, 1.165) is 24.8 Å². The minimum absolute atomic E-state index is 0.0801. The minimum Gasteiger partial charge on any atom is -0.495 e. The highest BCUT2D eigenvalue weighted by atomic mass is 32.2. The molecule has 3 N–H and O–H groups in total. The third-order valence-corrected chi connectivity index (χ3v) is 5.33. The van der Waals surface area contributed by atoms with Crippen molar-refractivity contribution in [1.29, 1.82) is 0 Å². The Morgan fingerprint density at radius 1 is 1.33 bits per heavy atom. The van der Waals surface area contributed by atoms with Gasteiger partial charge in [0, 0.05) is 19.7 Å². The van der Waals surface area contributed by atoms with Gasteiger partial charge in [-0.2, -0.15) is 0 Å². The average Bonchev–Trinajstić information content (AvgIpc) is 2.92. The summed E-state index contributed by atoms with van der Waals surface area (Å²) in [6.45, 7) is 0.274. The molecule has 1 aromatic rings. The maximum absolute atomic E-state index is 12.6. The molecule has 1 aliphatic rings. The number of ether oxygens (including phenoxy) is 2. The van der Waals surface area contributed by atoms with E-state index in [9.17, 15) is 8.42 Å². The van der Waals surface area contributed by atoms with Gasteiger partial charge in [0.15, 0.2) is 0 Å². The first-order valence-electron chi connectivity index (χ1n) is 6.94. The molecule has 0 aliphatic heterocycles. The molecule has 6 nitrogen and oxygen atoms in total. The van der Waals surface area contributed by atoms with Gasteiger partial charge >= 0.3 is 0 Å². The average molecular weight is 314 g/mol. The lowest BCUT2D eigenvalue weighted by atomic mass is 10.2. The van der Waals surface area contributed by atoms with Gasteiger partial charge in [-0.25, -0.2) is 13.1 Å². The van der Waals surface area contributed by atoms with Crippen molar-refractivity contribution in [2.75, 3.05) is 14.2 Å². The highest BCUT2D eigenvalue weighted by molar-refractivity contribution is 7.89. The van der Waals surface area contributed by atoms with E-state index in [1.807, 2.05) is 0 Å². The molecule has 21 heavy (non-hydrogen) atoms. The van der Waals surface area contributed by atoms with Crippen LogP contribution in [0.25, 0.3) is 0 Å². The molecule has 2 atom stereocenters. The Labute approximate surface area is 125 Å². The molecular weight excluding hydrogens is 292 g/mol. The summed E-state index contributed by atoms with van der Waals surface area (Å²) in [5, 5.41) is 0. The van der Waals surface area contributed by atoms with E-state index in [1.54, 1.807) is 25.3 Å². The normalized spacial score (nSPS) is 22.4. The van der Waals surface area contributed by atoms with Crippen molar-refractivity contribution < 1.29 is 17.9 Å². The molecule has 0 amide bonds. The summed E-state index contributed by atoms with van der Waals surface area (Å²) >= 11 is 0. The molecular formula is C14H22N2O4S. The van der Waals surface area contributed by atoms with Gasteiger partial charge in [0.1, 0.15) is 10.6 Å². The molecule has 0 radical (unpaired) electrons. The van der Waals surface area contributed by atoms with Crippen molar-refractivity contribution in [3.63, 3.8) is 0 Å². The molecule has 0 heterocycles. The van der Waals surface area contributed by atoms with Crippen LogP contribution in [0.2, 0.25) is 0 Å². The second-order valence-corrected chi connectivity index (χ2v) is 6.80. The lowest BCUT2D eigenvalue weighted by Gasteiger charge is -2.20. The van der Waals surface area contributed by atoms with Gasteiger partial charge in [0.2, 0.25) is 10.0 Å². The molecule has 0 saturated heterocycles. The van der Waals surface area contributed by atoms with E-state index in [4.69, 9.17) is 15.2 Å². The zero-order valence-corrected chi connectivity index (χ0v) is 13.2. The van der Waals surface area contributed by atoms with Crippen LogP contribution in [0, 0.1) is 0 Å². The highest BCUT2D eigenvalue weighted by Crippen LogP contribution is 2.28. The van der Waals surface area contributed by atoms with E-state index < -0.39 is 10.0 Å². The first-order valence-corrected chi connectivity index (χ1v) is 8.42. The molecule has 2 unspecified atom stereocenters. The maximum atomic E-state index is 12.6. The van der Waals surface area contributed by atoms with Gasteiger partial charge in [-0.15, -0.1) is 0 Å². The lowest BCUT2D eigenvalue weighted by Crippen LogP contribution is -2.40. The zero-order valence-electron chi connectivity index (χ0n) is 12.3. The van der Waals surface area contributed by atoms with Gasteiger partial charge in [0.25, 0.3) is 0 Å². The Kier molecular flexibility index (Phi) is 5.21. The molecule has 0 spiro atoms. The molecule has 7 heteroatoms. The number of hydrogen-bond donors (Lipinski definition) is 2. The number of benzene rings is 1. The van der Waals surface area contributed by atoms with E-state index >= 15 is 0 Å². The van der Waals surface area contributed by atoms with Gasteiger partial charge in [0.05, 0.1) is 13.2 Å². The fraction of sp³-hybridized carbons (Fsp3) is 0.571. The fourth-order valence-electron chi connectivity index (χ4n) is 2.66. The van der Waals surface area contributed by atoms with Gasteiger partial charge in [-0.1, -0.05) is 6.07 Å². The lowest BCUT2D eigenvalue weighted by molar-refractivity contribution is 0.0916. The van der Waals surface area contributed by atoms with Crippen molar-refractivity contribution in [3.05, 3.63) is 23.8 Å². The van der Waals surface area contributed by atoms with Crippen LogP contribution in [0.15, 0.2) is 23.1 Å². The first-order chi connectivity index (χ1) is 10.0. The summed E-state index contributed by atoms with van der Waals surface area (Å²) in [6, 6.07) is 4.73. The van der Waals surface area contributed by atoms with Crippen LogP contribution in [0.3, 0.4) is 0 Å². The first kappa shape index (κ1) is 16.2. The van der Waals surface area contributed by atoms with Crippen LogP contribution in [0.5, 0.6) is 5.75 Å². The largest absolute Gasteiger partial charge is 0.495 e. The summed E-state index contributed by atoms with van der Waals surface area (Å²) in [7, 11) is -0.620. The van der Waals surface area contributed by atoms with Crippen molar-refractivity contribution in [1.82, 2.24) is 4.72 Å². The van der Waals surface area contributed by atoms with Gasteiger partial charge < -0.3 is 15.2 Å². The third-order valence-electron chi connectivity index (χ3n) is 3.82. The maximum Gasteiger partial charge on any atom is 0.244 e. The molecule has 1 aromatic carbocycles. The topological polar surface area (TPSA) is 90.7 Å². The SMILES string of the molecule is COc1ccc(CN)cc1S(=O)(=O)NC1CCCC1OC. The number of nitrogens with two attached hydrogens (primary N) is 1. The Hall–Kier alpha value is -1.15. The molecule has 0 aromatic heterocycles. The summed E-state index contributed by atoms with van der Waals surface area (Å²) in [5.41, 5.74) is 6.33.